The van der Waals surface area contributed by atoms with Crippen molar-refractivity contribution >= 4 is 0 Å². The Hall–Kier alpha value is -9.13. The summed E-state index contributed by atoms with van der Waals surface area (Å²) in [5.41, 5.74) is 18.6. The standard InChI is InChI=1S/C62H39N5O/c1-3-15-41(16-4-1)55-39-56(67-61(66-55)43-17-5-2-6-18-43)42-27-25-40(26-28-42)44-29-31-47-48-32-30-45(46-37-57(53-21-11-13-33-63-53)65-58(38-46)54-22-12-14-34-64-54)36-52(48)62(51(47)35-44)49-19-7-9-23-59(49)68-60-24-10-8-20-50(60)62/h1-39H. The van der Waals surface area contributed by atoms with Crippen LogP contribution in [0.4, 0.5) is 0 Å². The molecule has 13 rings (SSSR count). The summed E-state index contributed by atoms with van der Waals surface area (Å²) in [7, 11) is 0. The van der Waals surface area contributed by atoms with Gasteiger partial charge in [-0.1, -0.05) is 158 Å². The molecule has 0 atom stereocenters. The van der Waals surface area contributed by atoms with Crippen LogP contribution >= 0.6 is 0 Å². The number of hydrogen-bond donors (Lipinski definition) is 0. The smallest absolute Gasteiger partial charge is 0.160 e. The van der Waals surface area contributed by atoms with E-state index in [1.807, 2.05) is 85.2 Å². The lowest BCUT2D eigenvalue weighted by Crippen LogP contribution is -2.32. The second kappa shape index (κ2) is 16.1. The molecule has 11 aromatic rings. The number of rotatable bonds is 7. The second-order valence-electron chi connectivity index (χ2n) is 17.2. The minimum atomic E-state index is -0.689. The lowest BCUT2D eigenvalue weighted by Gasteiger charge is -2.39. The minimum absolute atomic E-state index is 0.689. The van der Waals surface area contributed by atoms with Crippen molar-refractivity contribution in [3.05, 3.63) is 259 Å². The van der Waals surface area contributed by atoms with Crippen molar-refractivity contribution in [3.63, 3.8) is 0 Å². The summed E-state index contributed by atoms with van der Waals surface area (Å²) in [5, 5.41) is 0. The topological polar surface area (TPSA) is 73.7 Å². The van der Waals surface area contributed by atoms with E-state index in [-0.39, 0.29) is 0 Å². The van der Waals surface area contributed by atoms with Gasteiger partial charge in [0.15, 0.2) is 5.82 Å². The predicted octanol–water partition coefficient (Wildman–Crippen LogP) is 14.8. The van der Waals surface area contributed by atoms with E-state index in [1.54, 1.807) is 0 Å². The van der Waals surface area contributed by atoms with Crippen LogP contribution in [0.2, 0.25) is 0 Å². The van der Waals surface area contributed by atoms with Crippen molar-refractivity contribution in [1.82, 2.24) is 24.9 Å². The van der Waals surface area contributed by atoms with Gasteiger partial charge in [0.1, 0.15) is 11.5 Å². The average molecular weight is 870 g/mol. The van der Waals surface area contributed by atoms with Crippen LogP contribution in [0, 0.1) is 0 Å². The van der Waals surface area contributed by atoms with Crippen molar-refractivity contribution in [3.8, 4) is 102 Å². The first-order chi connectivity index (χ1) is 33.7. The lowest BCUT2D eigenvalue weighted by atomic mass is 9.65. The molecule has 0 radical (unpaired) electrons. The highest BCUT2D eigenvalue weighted by Gasteiger charge is 2.51. The molecule has 318 valence electrons. The van der Waals surface area contributed by atoms with Gasteiger partial charge in [-0.15, -0.1) is 0 Å². The van der Waals surface area contributed by atoms with Crippen LogP contribution in [0.15, 0.2) is 237 Å². The molecular formula is C62H39N5O. The Kier molecular flexibility index (Phi) is 9.29. The highest BCUT2D eigenvalue weighted by molar-refractivity contribution is 5.92. The van der Waals surface area contributed by atoms with Gasteiger partial charge in [-0.2, -0.15) is 0 Å². The molecule has 0 N–H and O–H groups in total. The van der Waals surface area contributed by atoms with Gasteiger partial charge in [0.2, 0.25) is 0 Å². The fourth-order valence-corrected chi connectivity index (χ4v) is 10.1. The van der Waals surface area contributed by atoms with Crippen LogP contribution in [0.5, 0.6) is 11.5 Å². The molecule has 6 heteroatoms. The summed E-state index contributed by atoms with van der Waals surface area (Å²) in [6.07, 6.45) is 3.62. The monoisotopic (exact) mass is 869 g/mol. The van der Waals surface area contributed by atoms with Crippen LogP contribution in [-0.2, 0) is 5.41 Å². The fourth-order valence-electron chi connectivity index (χ4n) is 10.1. The molecule has 0 unspecified atom stereocenters. The van der Waals surface area contributed by atoms with Crippen molar-refractivity contribution in [1.29, 1.82) is 0 Å². The molecule has 68 heavy (non-hydrogen) atoms. The summed E-state index contributed by atoms with van der Waals surface area (Å²) in [4.78, 5) is 24.6. The molecule has 1 aliphatic carbocycles. The fraction of sp³-hybridized carbons (Fsp3) is 0.0161. The Morgan fingerprint density at radius 3 is 1.28 bits per heavy atom. The zero-order chi connectivity index (χ0) is 45.0. The Balaban J connectivity index is 0.967. The van der Waals surface area contributed by atoms with E-state index in [0.29, 0.717) is 5.82 Å². The quantitative estimate of drug-likeness (QED) is 0.159. The normalized spacial score (nSPS) is 12.6. The van der Waals surface area contributed by atoms with Crippen molar-refractivity contribution < 1.29 is 4.74 Å². The lowest BCUT2D eigenvalue weighted by molar-refractivity contribution is 0.436. The number of fused-ring (bicyclic) bond motifs is 9. The SMILES string of the molecule is c1ccc(-c2cc(-c3ccc(-c4ccc5c(c4)C4(c6ccccc6Oc6ccccc64)c4cc(-c6cc(-c7ccccn7)nc(-c7ccccn7)c6)ccc4-5)cc3)nc(-c3ccccc3)n2)cc1. The number of pyridine rings is 3. The Labute approximate surface area is 394 Å². The van der Waals surface area contributed by atoms with Crippen molar-refractivity contribution in [2.24, 2.45) is 0 Å². The maximum atomic E-state index is 6.75. The van der Waals surface area contributed by atoms with E-state index < -0.39 is 5.41 Å². The van der Waals surface area contributed by atoms with Crippen molar-refractivity contribution in [2.45, 2.75) is 5.41 Å². The van der Waals surface area contributed by atoms with Gasteiger partial charge in [0.25, 0.3) is 0 Å². The van der Waals surface area contributed by atoms with Gasteiger partial charge in [-0.3, -0.25) is 9.97 Å². The molecule has 5 heterocycles. The van der Waals surface area contributed by atoms with Crippen LogP contribution < -0.4 is 4.74 Å². The largest absolute Gasteiger partial charge is 0.457 e. The number of ether oxygens (including phenoxy) is 1. The van der Waals surface area contributed by atoms with E-state index in [0.717, 1.165) is 95.7 Å². The van der Waals surface area contributed by atoms with Crippen molar-refractivity contribution in [2.75, 3.05) is 0 Å². The summed E-state index contributed by atoms with van der Waals surface area (Å²) >= 11 is 0. The highest BCUT2D eigenvalue weighted by Crippen LogP contribution is 2.63. The molecule has 6 nitrogen and oxygen atoms in total. The molecule has 7 aromatic carbocycles. The molecule has 0 saturated carbocycles. The van der Waals surface area contributed by atoms with Gasteiger partial charge < -0.3 is 4.74 Å². The van der Waals surface area contributed by atoms with Gasteiger partial charge in [-0.05, 0) is 111 Å². The third kappa shape index (κ3) is 6.53. The number of aromatic nitrogens is 5. The maximum absolute atomic E-state index is 6.75. The maximum Gasteiger partial charge on any atom is 0.160 e. The zero-order valence-electron chi connectivity index (χ0n) is 36.7. The Bertz CT molecular complexity index is 3530. The van der Waals surface area contributed by atoms with Gasteiger partial charge >= 0.3 is 0 Å². The molecular weight excluding hydrogens is 831 g/mol. The highest BCUT2D eigenvalue weighted by atomic mass is 16.5. The number of para-hydroxylation sites is 2. The summed E-state index contributed by atoms with van der Waals surface area (Å²) < 4.78 is 6.75. The van der Waals surface area contributed by atoms with Crippen LogP contribution in [0.3, 0.4) is 0 Å². The molecule has 0 bridgehead atoms. The van der Waals surface area contributed by atoms with E-state index in [2.05, 4.69) is 152 Å². The third-order valence-electron chi connectivity index (χ3n) is 13.3. The third-order valence-corrected chi connectivity index (χ3v) is 13.3. The van der Waals surface area contributed by atoms with Gasteiger partial charge in [-0.25, -0.2) is 15.0 Å². The van der Waals surface area contributed by atoms with Gasteiger partial charge in [0, 0.05) is 40.2 Å². The molecule has 1 aliphatic heterocycles. The van der Waals surface area contributed by atoms with Crippen LogP contribution in [0.25, 0.3) is 90.1 Å². The Morgan fingerprint density at radius 2 is 0.735 bits per heavy atom. The van der Waals surface area contributed by atoms with Gasteiger partial charge in [0.05, 0.1) is 39.6 Å². The molecule has 0 saturated heterocycles. The van der Waals surface area contributed by atoms with E-state index >= 15 is 0 Å². The minimum Gasteiger partial charge on any atom is -0.457 e. The molecule has 2 aliphatic rings. The first kappa shape index (κ1) is 39.3. The number of hydrogen-bond acceptors (Lipinski definition) is 6. The number of benzene rings is 7. The Morgan fingerprint density at radius 1 is 0.279 bits per heavy atom. The van der Waals surface area contributed by atoms with E-state index in [4.69, 9.17) is 29.7 Å². The molecule has 0 fully saturated rings. The first-order valence-electron chi connectivity index (χ1n) is 22.8. The van der Waals surface area contributed by atoms with E-state index in [9.17, 15) is 0 Å². The summed E-state index contributed by atoms with van der Waals surface area (Å²) in [5.74, 6) is 2.39. The summed E-state index contributed by atoms with van der Waals surface area (Å²) in [6, 6.07) is 78.4. The average Bonchev–Trinajstić information content (AvgIpc) is 3.70. The molecule has 4 aromatic heterocycles. The van der Waals surface area contributed by atoms with Crippen LogP contribution in [-0.4, -0.2) is 24.9 Å². The van der Waals surface area contributed by atoms with E-state index in [1.165, 1.54) is 22.3 Å². The number of nitrogens with zero attached hydrogens (tertiary/aromatic N) is 5. The predicted molar refractivity (Wildman–Crippen MR) is 271 cm³/mol. The molecule has 1 spiro atoms. The van der Waals surface area contributed by atoms with Crippen LogP contribution in [0.1, 0.15) is 22.3 Å². The molecule has 0 amide bonds. The second-order valence-corrected chi connectivity index (χ2v) is 17.2. The zero-order valence-corrected chi connectivity index (χ0v) is 36.7. The first-order valence-corrected chi connectivity index (χ1v) is 22.8. The summed E-state index contributed by atoms with van der Waals surface area (Å²) in [6.45, 7) is 0.